The molecule has 1 aliphatic rings. The number of likely N-dealkylation sites (tertiary alicyclic amines) is 1. The summed E-state index contributed by atoms with van der Waals surface area (Å²) in [6.45, 7) is -0.338. The Morgan fingerprint density at radius 1 is 1.29 bits per heavy atom. The fourth-order valence-corrected chi connectivity index (χ4v) is 2.58. The maximum absolute atomic E-state index is 14.1. The van der Waals surface area contributed by atoms with Gasteiger partial charge in [0, 0.05) is 30.7 Å². The van der Waals surface area contributed by atoms with Crippen LogP contribution in [0.5, 0.6) is 0 Å². The van der Waals surface area contributed by atoms with Crippen molar-refractivity contribution in [3.63, 3.8) is 0 Å². The molecular formula is C15H13FN2O3. The van der Waals surface area contributed by atoms with Crippen LogP contribution in [-0.4, -0.2) is 45.6 Å². The molecule has 0 radical (unpaired) electrons. The molecule has 21 heavy (non-hydrogen) atoms. The number of carbonyl (C=O) groups is 2. The number of amides is 1. The van der Waals surface area contributed by atoms with Crippen LogP contribution in [0.2, 0.25) is 0 Å². The molecule has 1 aliphatic heterocycles. The molecule has 108 valence electrons. The van der Waals surface area contributed by atoms with Crippen LogP contribution in [-0.2, 0) is 4.79 Å². The molecule has 0 spiro atoms. The Hall–Kier alpha value is -2.50. The lowest BCUT2D eigenvalue weighted by Gasteiger charge is -2.18. The molecule has 0 unspecified atom stereocenters. The SMILES string of the molecule is O=C(c1cncc2ccccc12)N1CC[C@](F)(C(=O)O)C1. The van der Waals surface area contributed by atoms with E-state index in [0.717, 1.165) is 10.8 Å². The lowest BCUT2D eigenvalue weighted by atomic mass is 10.1. The van der Waals surface area contributed by atoms with Gasteiger partial charge in [0.25, 0.3) is 5.91 Å². The predicted octanol–water partition coefficient (Wildman–Crippen LogP) is 1.87. The number of fused-ring (bicyclic) bond motifs is 1. The first-order valence-electron chi connectivity index (χ1n) is 6.56. The van der Waals surface area contributed by atoms with Crippen LogP contribution >= 0.6 is 0 Å². The van der Waals surface area contributed by atoms with Crippen LogP contribution in [0, 0.1) is 0 Å². The number of hydrogen-bond acceptors (Lipinski definition) is 3. The number of aromatic nitrogens is 1. The van der Waals surface area contributed by atoms with Gasteiger partial charge < -0.3 is 10.0 Å². The summed E-state index contributed by atoms with van der Waals surface area (Å²) in [5, 5.41) is 10.4. The molecule has 0 aliphatic carbocycles. The summed E-state index contributed by atoms with van der Waals surface area (Å²) in [6, 6.07) is 7.27. The number of aliphatic carboxylic acids is 1. The normalized spacial score (nSPS) is 21.7. The van der Waals surface area contributed by atoms with Crippen molar-refractivity contribution in [3.8, 4) is 0 Å². The van der Waals surface area contributed by atoms with E-state index in [-0.39, 0.29) is 18.9 Å². The molecule has 0 bridgehead atoms. The average molecular weight is 288 g/mol. The molecule has 3 rings (SSSR count). The number of pyridine rings is 1. The number of benzene rings is 1. The van der Waals surface area contributed by atoms with Gasteiger partial charge in [-0.05, 0) is 5.39 Å². The third-order valence-electron chi connectivity index (χ3n) is 3.79. The number of carbonyl (C=O) groups excluding carboxylic acids is 1. The molecular weight excluding hydrogens is 275 g/mol. The maximum Gasteiger partial charge on any atom is 0.343 e. The van der Waals surface area contributed by atoms with E-state index in [1.54, 1.807) is 18.3 Å². The van der Waals surface area contributed by atoms with E-state index in [2.05, 4.69) is 4.98 Å². The molecule has 1 aromatic carbocycles. The van der Waals surface area contributed by atoms with Crippen molar-refractivity contribution in [2.75, 3.05) is 13.1 Å². The van der Waals surface area contributed by atoms with Crippen LogP contribution in [0.25, 0.3) is 10.8 Å². The minimum Gasteiger partial charge on any atom is -0.479 e. The van der Waals surface area contributed by atoms with E-state index in [1.165, 1.54) is 11.1 Å². The predicted molar refractivity (Wildman–Crippen MR) is 73.7 cm³/mol. The highest BCUT2D eigenvalue weighted by Crippen LogP contribution is 2.28. The Morgan fingerprint density at radius 3 is 2.76 bits per heavy atom. The fraction of sp³-hybridized carbons (Fsp3) is 0.267. The number of nitrogens with zero attached hydrogens (tertiary/aromatic N) is 2. The number of halogens is 1. The van der Waals surface area contributed by atoms with Gasteiger partial charge in [0.05, 0.1) is 12.1 Å². The molecule has 5 nitrogen and oxygen atoms in total. The summed E-state index contributed by atoms with van der Waals surface area (Å²) in [6.07, 6.45) is 2.89. The van der Waals surface area contributed by atoms with Gasteiger partial charge >= 0.3 is 5.97 Å². The van der Waals surface area contributed by atoms with E-state index in [0.29, 0.717) is 5.56 Å². The highest BCUT2D eigenvalue weighted by molar-refractivity contribution is 6.06. The number of carboxylic acid groups (broad SMARTS) is 1. The van der Waals surface area contributed by atoms with E-state index < -0.39 is 18.2 Å². The standard InChI is InChI=1S/C15H13FN2O3/c16-15(14(20)21)5-6-18(9-15)13(19)12-8-17-7-10-3-1-2-4-11(10)12/h1-4,7-8H,5-6,9H2,(H,20,21)/t15-/m1/s1. The Bertz CT molecular complexity index is 728. The molecule has 1 N–H and O–H groups in total. The number of carboxylic acids is 1. The Kier molecular flexibility index (Phi) is 3.08. The van der Waals surface area contributed by atoms with Gasteiger partial charge in [-0.1, -0.05) is 24.3 Å². The molecule has 2 heterocycles. The van der Waals surface area contributed by atoms with E-state index in [4.69, 9.17) is 5.11 Å². The van der Waals surface area contributed by atoms with Gasteiger partial charge in [0.2, 0.25) is 5.67 Å². The van der Waals surface area contributed by atoms with Crippen LogP contribution in [0.3, 0.4) is 0 Å². The molecule has 0 saturated carbocycles. The third kappa shape index (κ3) is 2.22. The van der Waals surface area contributed by atoms with Gasteiger partial charge in [-0.3, -0.25) is 9.78 Å². The van der Waals surface area contributed by atoms with Crippen molar-refractivity contribution in [2.24, 2.45) is 0 Å². The zero-order valence-electron chi connectivity index (χ0n) is 11.1. The second-order valence-electron chi connectivity index (χ2n) is 5.16. The molecule has 1 amide bonds. The van der Waals surface area contributed by atoms with Crippen molar-refractivity contribution in [3.05, 3.63) is 42.2 Å². The number of rotatable bonds is 2. The van der Waals surface area contributed by atoms with Gasteiger partial charge in [-0.2, -0.15) is 0 Å². The number of hydrogen-bond donors (Lipinski definition) is 1. The minimum atomic E-state index is -2.35. The summed E-state index contributed by atoms with van der Waals surface area (Å²) >= 11 is 0. The van der Waals surface area contributed by atoms with Crippen molar-refractivity contribution < 1.29 is 19.1 Å². The van der Waals surface area contributed by atoms with E-state index in [9.17, 15) is 14.0 Å². The lowest BCUT2D eigenvalue weighted by molar-refractivity contribution is -0.149. The first-order valence-corrected chi connectivity index (χ1v) is 6.56. The Labute approximate surface area is 120 Å². The van der Waals surface area contributed by atoms with Crippen LogP contribution in [0.15, 0.2) is 36.7 Å². The Balaban J connectivity index is 1.94. The van der Waals surface area contributed by atoms with Crippen LogP contribution in [0.1, 0.15) is 16.8 Å². The average Bonchev–Trinajstić information content (AvgIpc) is 2.90. The largest absolute Gasteiger partial charge is 0.479 e. The number of alkyl halides is 1. The van der Waals surface area contributed by atoms with Crippen molar-refractivity contribution >= 4 is 22.6 Å². The van der Waals surface area contributed by atoms with Gasteiger partial charge in [0.15, 0.2) is 0 Å². The van der Waals surface area contributed by atoms with Crippen LogP contribution in [0.4, 0.5) is 4.39 Å². The summed E-state index contributed by atoms with van der Waals surface area (Å²) < 4.78 is 14.1. The van der Waals surface area contributed by atoms with Crippen LogP contribution < -0.4 is 0 Å². The second-order valence-corrected chi connectivity index (χ2v) is 5.16. The summed E-state index contributed by atoms with van der Waals surface area (Å²) in [5.74, 6) is -1.91. The Morgan fingerprint density at radius 2 is 2.05 bits per heavy atom. The lowest BCUT2D eigenvalue weighted by Crippen LogP contribution is -2.39. The fourth-order valence-electron chi connectivity index (χ4n) is 2.58. The summed E-state index contributed by atoms with van der Waals surface area (Å²) in [5.41, 5.74) is -1.99. The second kappa shape index (κ2) is 4.80. The van der Waals surface area contributed by atoms with E-state index in [1.807, 2.05) is 12.1 Å². The zero-order chi connectivity index (χ0) is 15.0. The maximum atomic E-state index is 14.1. The van der Waals surface area contributed by atoms with E-state index >= 15 is 0 Å². The minimum absolute atomic E-state index is 0.0881. The smallest absolute Gasteiger partial charge is 0.343 e. The first-order chi connectivity index (χ1) is 10.0. The third-order valence-corrected chi connectivity index (χ3v) is 3.79. The highest BCUT2D eigenvalue weighted by atomic mass is 19.1. The molecule has 2 aromatic rings. The van der Waals surface area contributed by atoms with Gasteiger partial charge in [-0.25, -0.2) is 9.18 Å². The molecule has 1 saturated heterocycles. The van der Waals surface area contributed by atoms with Gasteiger partial charge in [0.1, 0.15) is 0 Å². The summed E-state index contributed by atoms with van der Waals surface area (Å²) in [4.78, 5) is 28.7. The topological polar surface area (TPSA) is 70.5 Å². The van der Waals surface area contributed by atoms with Gasteiger partial charge in [-0.15, -0.1) is 0 Å². The van der Waals surface area contributed by atoms with Crippen molar-refractivity contribution in [1.82, 2.24) is 9.88 Å². The summed E-state index contributed by atoms with van der Waals surface area (Å²) in [7, 11) is 0. The van der Waals surface area contributed by atoms with Crippen molar-refractivity contribution in [2.45, 2.75) is 12.1 Å². The molecule has 6 heteroatoms. The van der Waals surface area contributed by atoms with Crippen molar-refractivity contribution in [1.29, 1.82) is 0 Å². The monoisotopic (exact) mass is 288 g/mol. The zero-order valence-corrected chi connectivity index (χ0v) is 11.1. The molecule has 1 aromatic heterocycles. The quantitative estimate of drug-likeness (QED) is 0.916. The molecule has 1 fully saturated rings. The highest BCUT2D eigenvalue weighted by Gasteiger charge is 2.47. The molecule has 1 atom stereocenters. The first kappa shape index (κ1) is 13.5.